The number of fused-ring (bicyclic) bond motifs is 2. The zero-order valence-corrected chi connectivity index (χ0v) is 10.3. The van der Waals surface area contributed by atoms with Gasteiger partial charge in [-0.15, -0.1) is 0 Å². The van der Waals surface area contributed by atoms with Crippen molar-refractivity contribution in [2.45, 2.75) is 12.2 Å². The lowest BCUT2D eigenvalue weighted by atomic mass is 9.82. The molecular weight excluding hydrogens is 265 g/mol. The Kier molecular flexibility index (Phi) is 3.02. The molecule has 20 heavy (non-hydrogen) atoms. The number of amides is 1. The summed E-state index contributed by atoms with van der Waals surface area (Å²) < 4.78 is 18.9. The van der Waals surface area contributed by atoms with Crippen LogP contribution in [-0.4, -0.2) is 29.2 Å². The molecule has 1 aromatic carbocycles. The minimum atomic E-state index is -1.09. The molecule has 6 heteroatoms. The van der Waals surface area contributed by atoms with E-state index in [4.69, 9.17) is 4.74 Å². The van der Waals surface area contributed by atoms with Crippen LogP contribution in [0.15, 0.2) is 36.4 Å². The molecular formula is C14H12FNO4. The van der Waals surface area contributed by atoms with Crippen LogP contribution in [0.3, 0.4) is 0 Å². The van der Waals surface area contributed by atoms with E-state index in [1.807, 2.05) is 0 Å². The highest BCUT2D eigenvalue weighted by atomic mass is 19.1. The van der Waals surface area contributed by atoms with Crippen molar-refractivity contribution in [3.8, 4) is 0 Å². The molecule has 1 saturated heterocycles. The molecule has 2 aliphatic heterocycles. The number of anilines is 1. The van der Waals surface area contributed by atoms with Crippen LogP contribution < -0.4 is 5.32 Å². The van der Waals surface area contributed by atoms with E-state index < -0.39 is 41.7 Å². The lowest BCUT2D eigenvalue weighted by Crippen LogP contribution is -2.39. The average molecular weight is 277 g/mol. The van der Waals surface area contributed by atoms with Crippen LogP contribution in [0, 0.1) is 17.7 Å². The highest BCUT2D eigenvalue weighted by molar-refractivity contribution is 5.96. The maximum absolute atomic E-state index is 13.5. The maximum Gasteiger partial charge on any atom is 0.310 e. The molecule has 0 spiro atoms. The summed E-state index contributed by atoms with van der Waals surface area (Å²) in [6.07, 6.45) is 2.17. The second kappa shape index (κ2) is 4.72. The van der Waals surface area contributed by atoms with Gasteiger partial charge >= 0.3 is 5.97 Å². The van der Waals surface area contributed by atoms with Gasteiger partial charge in [0, 0.05) is 0 Å². The fourth-order valence-corrected chi connectivity index (χ4v) is 2.69. The Morgan fingerprint density at radius 2 is 1.80 bits per heavy atom. The number of carbonyl (C=O) groups is 2. The summed E-state index contributed by atoms with van der Waals surface area (Å²) in [6, 6.07) is 5.74. The summed E-state index contributed by atoms with van der Waals surface area (Å²) in [5, 5.41) is 11.6. The van der Waals surface area contributed by atoms with E-state index in [0.29, 0.717) is 0 Å². The maximum atomic E-state index is 13.5. The van der Waals surface area contributed by atoms with E-state index >= 15 is 0 Å². The van der Waals surface area contributed by atoms with Crippen LogP contribution in [0.4, 0.5) is 10.1 Å². The van der Waals surface area contributed by atoms with E-state index in [-0.39, 0.29) is 5.69 Å². The summed E-state index contributed by atoms with van der Waals surface area (Å²) in [4.78, 5) is 23.5. The van der Waals surface area contributed by atoms with Gasteiger partial charge in [0.1, 0.15) is 11.7 Å². The molecule has 0 unspecified atom stereocenters. The third kappa shape index (κ3) is 1.98. The number of carboxylic acids is 1. The minimum Gasteiger partial charge on any atom is -0.481 e. The zero-order chi connectivity index (χ0) is 14.3. The zero-order valence-electron chi connectivity index (χ0n) is 10.3. The van der Waals surface area contributed by atoms with Crippen molar-refractivity contribution in [2.24, 2.45) is 11.8 Å². The molecule has 2 N–H and O–H groups in total. The number of aliphatic carboxylic acids is 1. The molecule has 104 valence electrons. The van der Waals surface area contributed by atoms with Gasteiger partial charge in [-0.05, 0) is 12.1 Å². The van der Waals surface area contributed by atoms with Crippen LogP contribution in [-0.2, 0) is 14.3 Å². The van der Waals surface area contributed by atoms with Gasteiger partial charge < -0.3 is 15.2 Å². The molecule has 0 radical (unpaired) electrons. The Labute approximate surface area is 114 Å². The molecule has 2 heterocycles. The number of ether oxygens (including phenoxy) is 1. The summed E-state index contributed by atoms with van der Waals surface area (Å²) in [5.41, 5.74) is 0.0355. The Morgan fingerprint density at radius 3 is 2.45 bits per heavy atom. The molecule has 4 atom stereocenters. The molecule has 5 nitrogen and oxygen atoms in total. The van der Waals surface area contributed by atoms with Crippen molar-refractivity contribution in [3.05, 3.63) is 42.2 Å². The number of carbonyl (C=O) groups excluding carboxylic acids is 1. The van der Waals surface area contributed by atoms with Gasteiger partial charge in [0.2, 0.25) is 5.91 Å². The first kappa shape index (κ1) is 12.8. The Balaban J connectivity index is 1.82. The fraction of sp³-hybridized carbons (Fsp3) is 0.286. The van der Waals surface area contributed by atoms with Crippen LogP contribution in [0.25, 0.3) is 0 Å². The number of nitrogens with one attached hydrogen (secondary N) is 1. The molecule has 1 fully saturated rings. The van der Waals surface area contributed by atoms with Gasteiger partial charge in [-0.1, -0.05) is 24.3 Å². The normalized spacial score (nSPS) is 30.4. The topological polar surface area (TPSA) is 75.6 Å². The van der Waals surface area contributed by atoms with Crippen molar-refractivity contribution < 1.29 is 23.8 Å². The first-order chi connectivity index (χ1) is 9.58. The molecule has 1 amide bonds. The molecule has 0 aliphatic carbocycles. The smallest absolute Gasteiger partial charge is 0.310 e. The summed E-state index contributed by atoms with van der Waals surface area (Å²) in [5.74, 6) is -3.97. The second-order valence-corrected chi connectivity index (χ2v) is 4.81. The Morgan fingerprint density at radius 1 is 1.15 bits per heavy atom. The fourth-order valence-electron chi connectivity index (χ4n) is 2.69. The molecule has 2 aliphatic rings. The van der Waals surface area contributed by atoms with Crippen molar-refractivity contribution in [1.29, 1.82) is 0 Å². The van der Waals surface area contributed by atoms with Crippen LogP contribution in [0.2, 0.25) is 0 Å². The van der Waals surface area contributed by atoms with Gasteiger partial charge in [-0.2, -0.15) is 0 Å². The van der Waals surface area contributed by atoms with Gasteiger partial charge in [0.15, 0.2) is 0 Å². The number of carboxylic acid groups (broad SMARTS) is 1. The van der Waals surface area contributed by atoms with Gasteiger partial charge in [0.05, 0.1) is 23.8 Å². The standard InChI is InChI=1S/C14H12FNO4/c15-7-3-1-2-4-8(7)16-13(17)11-9-5-6-10(20-9)12(11)14(18)19/h1-6,9-12H,(H,16,17)(H,18,19)/t9-,10+,11+,12-/m0/s1. The van der Waals surface area contributed by atoms with Crippen molar-refractivity contribution in [3.63, 3.8) is 0 Å². The van der Waals surface area contributed by atoms with Crippen LogP contribution in [0.1, 0.15) is 0 Å². The van der Waals surface area contributed by atoms with Gasteiger partial charge in [-0.3, -0.25) is 9.59 Å². The first-order valence-electron chi connectivity index (χ1n) is 6.20. The SMILES string of the molecule is O=C(O)[C@@H]1[C@H](C(=O)Nc2ccccc2F)[C@@H]2C=C[C@H]1O2. The van der Waals surface area contributed by atoms with Crippen molar-refractivity contribution >= 4 is 17.6 Å². The van der Waals surface area contributed by atoms with Crippen LogP contribution in [0.5, 0.6) is 0 Å². The molecule has 3 rings (SSSR count). The predicted octanol–water partition coefficient (Wildman–Crippen LogP) is 1.42. The molecule has 2 bridgehead atoms. The number of halogens is 1. The van der Waals surface area contributed by atoms with E-state index in [0.717, 1.165) is 0 Å². The van der Waals surface area contributed by atoms with E-state index in [1.54, 1.807) is 18.2 Å². The lowest BCUT2D eigenvalue weighted by Gasteiger charge is -2.21. The number of hydrogen-bond acceptors (Lipinski definition) is 3. The summed E-state index contributed by atoms with van der Waals surface area (Å²) in [6.45, 7) is 0. The largest absolute Gasteiger partial charge is 0.481 e. The second-order valence-electron chi connectivity index (χ2n) is 4.81. The highest BCUT2D eigenvalue weighted by Crippen LogP contribution is 2.39. The summed E-state index contributed by atoms with van der Waals surface area (Å²) in [7, 11) is 0. The minimum absolute atomic E-state index is 0.0355. The monoisotopic (exact) mass is 277 g/mol. The first-order valence-corrected chi connectivity index (χ1v) is 6.20. The van der Waals surface area contributed by atoms with Gasteiger partial charge in [0.25, 0.3) is 0 Å². The molecule has 0 aromatic heterocycles. The van der Waals surface area contributed by atoms with Gasteiger partial charge in [-0.25, -0.2) is 4.39 Å². The Hall–Kier alpha value is -2.21. The van der Waals surface area contributed by atoms with E-state index in [1.165, 1.54) is 18.2 Å². The average Bonchev–Trinajstić information content (AvgIpc) is 3.01. The number of rotatable bonds is 3. The Bertz CT molecular complexity index is 601. The van der Waals surface area contributed by atoms with Crippen molar-refractivity contribution in [1.82, 2.24) is 0 Å². The van der Waals surface area contributed by atoms with E-state index in [9.17, 15) is 19.1 Å². The number of para-hydroxylation sites is 1. The summed E-state index contributed by atoms with van der Waals surface area (Å²) >= 11 is 0. The quantitative estimate of drug-likeness (QED) is 0.819. The lowest BCUT2D eigenvalue weighted by molar-refractivity contribution is -0.145. The molecule has 0 saturated carbocycles. The predicted molar refractivity (Wildman–Crippen MR) is 67.4 cm³/mol. The van der Waals surface area contributed by atoms with Crippen molar-refractivity contribution in [2.75, 3.05) is 5.32 Å². The van der Waals surface area contributed by atoms with Crippen LogP contribution >= 0.6 is 0 Å². The van der Waals surface area contributed by atoms with E-state index in [2.05, 4.69) is 5.32 Å². The third-order valence-corrected chi connectivity index (χ3v) is 3.62. The highest BCUT2D eigenvalue weighted by Gasteiger charge is 2.53. The number of benzene rings is 1. The third-order valence-electron chi connectivity index (χ3n) is 3.62. The molecule has 1 aromatic rings. The number of hydrogen-bond donors (Lipinski definition) is 2.